The molecule has 0 aliphatic heterocycles. The van der Waals surface area contributed by atoms with Crippen LogP contribution in [0.25, 0.3) is 11.3 Å². The Kier molecular flexibility index (Phi) is 6.49. The van der Waals surface area contributed by atoms with Gasteiger partial charge in [0.1, 0.15) is 5.82 Å². The van der Waals surface area contributed by atoms with E-state index in [1.54, 1.807) is 28.9 Å². The van der Waals surface area contributed by atoms with Crippen molar-refractivity contribution in [1.29, 1.82) is 5.26 Å². The molecule has 1 aromatic heterocycles. The van der Waals surface area contributed by atoms with Crippen molar-refractivity contribution in [1.82, 2.24) is 9.78 Å². The van der Waals surface area contributed by atoms with E-state index in [2.05, 4.69) is 21.8 Å². The number of aryl methyl sites for hydroxylation is 1. The van der Waals surface area contributed by atoms with Crippen LogP contribution < -0.4 is 10.6 Å². The first-order chi connectivity index (χ1) is 15.6. The number of benzene rings is 3. The average Bonchev–Trinajstić information content (AvgIpc) is 3.22. The van der Waals surface area contributed by atoms with Gasteiger partial charge >= 0.3 is 0 Å². The Hall–Kier alpha value is -4.08. The van der Waals surface area contributed by atoms with Gasteiger partial charge in [-0.25, -0.2) is 4.68 Å². The minimum Gasteiger partial charge on any atom is -0.339 e. The lowest BCUT2D eigenvalue weighted by molar-refractivity contribution is 0.102. The zero-order valence-electron chi connectivity index (χ0n) is 17.1. The molecule has 158 valence electrons. The summed E-state index contributed by atoms with van der Waals surface area (Å²) in [6.07, 6.45) is 0.333. The van der Waals surface area contributed by atoms with Gasteiger partial charge in [0.25, 0.3) is 5.91 Å². The van der Waals surface area contributed by atoms with Gasteiger partial charge in [0, 0.05) is 22.2 Å². The highest BCUT2D eigenvalue weighted by molar-refractivity contribution is 6.30. The summed E-state index contributed by atoms with van der Waals surface area (Å²) in [5.41, 5.74) is 3.63. The molecule has 1 heterocycles. The van der Waals surface area contributed by atoms with Gasteiger partial charge in [-0.2, -0.15) is 10.4 Å². The van der Waals surface area contributed by atoms with Crippen LogP contribution in [0.2, 0.25) is 5.02 Å². The number of nitrogens with one attached hydrogen (secondary N) is 2. The third kappa shape index (κ3) is 4.97. The molecule has 6 nitrogen and oxygen atoms in total. The molecule has 1 amide bonds. The highest BCUT2D eigenvalue weighted by Crippen LogP contribution is 2.29. The first-order valence-electron chi connectivity index (χ1n) is 10.1. The Morgan fingerprint density at radius 1 is 0.969 bits per heavy atom. The predicted octanol–water partition coefficient (Wildman–Crippen LogP) is 6.11. The molecule has 0 radical (unpaired) electrons. The predicted molar refractivity (Wildman–Crippen MR) is 127 cm³/mol. The highest BCUT2D eigenvalue weighted by Gasteiger charge is 2.13. The highest BCUT2D eigenvalue weighted by atomic mass is 35.5. The third-order valence-corrected chi connectivity index (χ3v) is 5.08. The fourth-order valence-electron chi connectivity index (χ4n) is 3.23. The number of nitriles is 1. The van der Waals surface area contributed by atoms with Crippen molar-refractivity contribution in [3.63, 3.8) is 0 Å². The molecule has 0 saturated carbocycles. The molecule has 0 fully saturated rings. The van der Waals surface area contributed by atoms with Crippen molar-refractivity contribution >= 4 is 34.7 Å². The molecule has 7 heteroatoms. The summed E-state index contributed by atoms with van der Waals surface area (Å²) in [5.74, 6) is 0.492. The van der Waals surface area contributed by atoms with Gasteiger partial charge in [0.15, 0.2) is 0 Å². The number of nitrogens with zero attached hydrogens (tertiary/aromatic N) is 3. The summed E-state index contributed by atoms with van der Waals surface area (Å²) >= 11 is 5.92. The number of halogens is 1. The molecule has 0 bridgehead atoms. The number of anilines is 3. The van der Waals surface area contributed by atoms with Gasteiger partial charge < -0.3 is 10.6 Å². The van der Waals surface area contributed by atoms with Crippen LogP contribution in [0.15, 0.2) is 84.9 Å². The SMILES string of the molecule is N#CCCn1nc(-c2ccccc2)cc1Nc1ccccc1NC(=O)c1ccc(Cl)cc1. The largest absolute Gasteiger partial charge is 0.339 e. The van der Waals surface area contributed by atoms with E-state index in [1.807, 2.05) is 60.7 Å². The lowest BCUT2D eigenvalue weighted by Crippen LogP contribution is -2.13. The Labute approximate surface area is 191 Å². The second kappa shape index (κ2) is 9.82. The molecule has 32 heavy (non-hydrogen) atoms. The lowest BCUT2D eigenvalue weighted by Gasteiger charge is -2.14. The molecule has 0 saturated heterocycles. The van der Waals surface area contributed by atoms with E-state index in [0.717, 1.165) is 17.1 Å². The van der Waals surface area contributed by atoms with Gasteiger partial charge in [-0.3, -0.25) is 4.79 Å². The van der Waals surface area contributed by atoms with E-state index in [-0.39, 0.29) is 5.91 Å². The third-order valence-electron chi connectivity index (χ3n) is 4.83. The zero-order chi connectivity index (χ0) is 22.3. The fourth-order valence-corrected chi connectivity index (χ4v) is 3.35. The maximum absolute atomic E-state index is 12.7. The number of carbonyl (C=O) groups is 1. The van der Waals surface area contributed by atoms with Gasteiger partial charge in [-0.1, -0.05) is 54.1 Å². The molecule has 2 N–H and O–H groups in total. The number of rotatable bonds is 7. The molecule has 0 unspecified atom stereocenters. The number of para-hydroxylation sites is 2. The Balaban J connectivity index is 1.61. The van der Waals surface area contributed by atoms with E-state index >= 15 is 0 Å². The summed E-state index contributed by atoms with van der Waals surface area (Å²) in [6.45, 7) is 0.449. The van der Waals surface area contributed by atoms with Crippen molar-refractivity contribution in [3.8, 4) is 17.3 Å². The molecule has 0 aliphatic rings. The molecule has 4 rings (SSSR count). The van der Waals surface area contributed by atoms with Crippen LogP contribution in [0.5, 0.6) is 0 Å². The number of aromatic nitrogens is 2. The molecule has 0 aliphatic carbocycles. The van der Waals surface area contributed by atoms with Crippen LogP contribution in [0, 0.1) is 11.3 Å². The van der Waals surface area contributed by atoms with Crippen LogP contribution in [-0.4, -0.2) is 15.7 Å². The first-order valence-corrected chi connectivity index (χ1v) is 10.4. The number of hydrogen-bond donors (Lipinski definition) is 2. The molecular weight excluding hydrogens is 422 g/mol. The molecule has 0 atom stereocenters. The summed E-state index contributed by atoms with van der Waals surface area (Å²) in [7, 11) is 0. The molecule has 4 aromatic rings. The summed E-state index contributed by atoms with van der Waals surface area (Å²) in [6, 6.07) is 28.1. The normalized spacial score (nSPS) is 10.4. The van der Waals surface area contributed by atoms with Crippen molar-refractivity contribution in [3.05, 3.63) is 95.5 Å². The van der Waals surface area contributed by atoms with Crippen LogP contribution in [0.3, 0.4) is 0 Å². The first kappa shape index (κ1) is 21.2. The fraction of sp³-hybridized carbons (Fsp3) is 0.0800. The van der Waals surface area contributed by atoms with Crippen molar-refractivity contribution in [2.24, 2.45) is 0 Å². The number of amides is 1. The Morgan fingerprint density at radius 3 is 2.38 bits per heavy atom. The smallest absolute Gasteiger partial charge is 0.255 e. The standard InChI is InChI=1S/C25H20ClN5O/c26-20-13-11-19(12-14-20)25(32)29-22-10-5-4-9-21(22)28-24-17-23(18-7-2-1-3-8-18)30-31(24)16-6-15-27/h1-5,7-14,17,28H,6,16H2,(H,29,32). The monoisotopic (exact) mass is 441 g/mol. The van der Waals surface area contributed by atoms with Gasteiger partial charge in [0.2, 0.25) is 0 Å². The number of hydrogen-bond acceptors (Lipinski definition) is 4. The summed E-state index contributed by atoms with van der Waals surface area (Å²) in [5, 5.41) is 20.6. The van der Waals surface area contributed by atoms with Gasteiger partial charge in [0.05, 0.1) is 36.1 Å². The van der Waals surface area contributed by atoms with E-state index < -0.39 is 0 Å². The van der Waals surface area contributed by atoms with Gasteiger partial charge in [-0.05, 0) is 36.4 Å². The van der Waals surface area contributed by atoms with Crippen LogP contribution >= 0.6 is 11.6 Å². The molecular formula is C25H20ClN5O. The Morgan fingerprint density at radius 2 is 1.66 bits per heavy atom. The number of carbonyl (C=O) groups excluding carboxylic acids is 1. The van der Waals surface area contributed by atoms with E-state index in [1.165, 1.54) is 0 Å². The quantitative estimate of drug-likeness (QED) is 0.362. The maximum atomic E-state index is 12.7. The van der Waals surface area contributed by atoms with Crippen LogP contribution in [-0.2, 0) is 6.54 Å². The average molecular weight is 442 g/mol. The van der Waals surface area contributed by atoms with Crippen molar-refractivity contribution in [2.75, 3.05) is 10.6 Å². The minimum absolute atomic E-state index is 0.237. The second-order valence-corrected chi connectivity index (χ2v) is 7.48. The van der Waals surface area contributed by atoms with E-state index in [4.69, 9.17) is 16.9 Å². The zero-order valence-corrected chi connectivity index (χ0v) is 17.9. The Bertz CT molecular complexity index is 1260. The lowest BCUT2D eigenvalue weighted by atomic mass is 10.1. The van der Waals surface area contributed by atoms with Crippen LogP contribution in [0.1, 0.15) is 16.8 Å². The van der Waals surface area contributed by atoms with E-state index in [9.17, 15) is 4.79 Å². The molecule has 3 aromatic carbocycles. The summed E-state index contributed by atoms with van der Waals surface area (Å²) < 4.78 is 1.77. The van der Waals surface area contributed by atoms with Gasteiger partial charge in [-0.15, -0.1) is 0 Å². The van der Waals surface area contributed by atoms with Crippen molar-refractivity contribution in [2.45, 2.75) is 13.0 Å². The maximum Gasteiger partial charge on any atom is 0.255 e. The topological polar surface area (TPSA) is 82.7 Å². The minimum atomic E-state index is -0.237. The van der Waals surface area contributed by atoms with E-state index in [0.29, 0.717) is 34.9 Å². The molecule has 0 spiro atoms. The van der Waals surface area contributed by atoms with Crippen molar-refractivity contribution < 1.29 is 4.79 Å². The summed E-state index contributed by atoms with van der Waals surface area (Å²) in [4.78, 5) is 12.7. The van der Waals surface area contributed by atoms with Crippen LogP contribution in [0.4, 0.5) is 17.2 Å². The second-order valence-electron chi connectivity index (χ2n) is 7.04.